The van der Waals surface area contributed by atoms with Gasteiger partial charge in [-0.2, -0.15) is 0 Å². The van der Waals surface area contributed by atoms with Crippen molar-refractivity contribution < 1.29 is 9.09 Å². The second-order valence-corrected chi connectivity index (χ2v) is 11.6. The molecule has 0 aliphatic carbocycles. The van der Waals surface area contributed by atoms with Gasteiger partial charge in [-0.3, -0.25) is 4.57 Å². The van der Waals surface area contributed by atoms with Gasteiger partial charge < -0.3 is 14.7 Å². The number of anilines is 2. The van der Waals surface area contributed by atoms with Crippen LogP contribution in [-0.2, 0) is 15.7 Å². The van der Waals surface area contributed by atoms with E-state index in [2.05, 4.69) is 21.2 Å². The lowest BCUT2D eigenvalue weighted by molar-refractivity contribution is 0.305. The van der Waals surface area contributed by atoms with E-state index in [4.69, 9.17) is 4.52 Å². The first-order valence-corrected chi connectivity index (χ1v) is 13.6. The highest BCUT2D eigenvalue weighted by atomic mass is 79.9. The van der Waals surface area contributed by atoms with Gasteiger partial charge in [-0.15, -0.1) is 0 Å². The number of para-hydroxylation sites is 1. The largest absolute Gasteiger partial charge is 0.378 e. The summed E-state index contributed by atoms with van der Waals surface area (Å²) in [5, 5.41) is 4.19. The summed E-state index contributed by atoms with van der Waals surface area (Å²) < 4.78 is 22.3. The first-order chi connectivity index (χ1) is 16.5. The molecule has 4 aromatic rings. The Kier molecular flexibility index (Phi) is 7.89. The number of nitrogens with zero attached hydrogens (tertiary/aromatic N) is 1. The minimum absolute atomic E-state index is 0.247. The fourth-order valence-corrected chi connectivity index (χ4v) is 6.35. The van der Waals surface area contributed by atoms with Gasteiger partial charge in [0.25, 0.3) is 7.37 Å². The Bertz CT molecular complexity index is 1230. The molecule has 0 radical (unpaired) electrons. The van der Waals surface area contributed by atoms with Crippen LogP contribution in [0.15, 0.2) is 114 Å². The summed E-state index contributed by atoms with van der Waals surface area (Å²) in [5.74, 6) is -0.572. The predicted molar refractivity (Wildman–Crippen MR) is 146 cm³/mol. The van der Waals surface area contributed by atoms with Crippen molar-refractivity contribution in [2.24, 2.45) is 0 Å². The molecule has 0 aliphatic rings. The summed E-state index contributed by atoms with van der Waals surface area (Å²) in [5.41, 5.74) is 3.78. The number of rotatable bonds is 9. The molecule has 2 atom stereocenters. The van der Waals surface area contributed by atoms with Crippen molar-refractivity contribution >= 4 is 40.0 Å². The molecule has 0 fully saturated rings. The van der Waals surface area contributed by atoms with Crippen LogP contribution < -0.4 is 15.5 Å². The molecule has 4 nitrogen and oxygen atoms in total. The quantitative estimate of drug-likeness (QED) is 0.226. The van der Waals surface area contributed by atoms with Crippen LogP contribution >= 0.6 is 23.3 Å². The summed E-state index contributed by atoms with van der Waals surface area (Å²) in [6, 6.07) is 35.4. The van der Waals surface area contributed by atoms with Gasteiger partial charge in [0, 0.05) is 35.2 Å². The van der Waals surface area contributed by atoms with Crippen molar-refractivity contribution in [3.8, 4) is 0 Å². The van der Waals surface area contributed by atoms with Crippen molar-refractivity contribution in [1.29, 1.82) is 0 Å². The SMILES string of the molecule is CN(C)c1ccc(P(=O)(OCc2ccccc2)C(Nc2ccccc2)c2ccc(Br)cc2)cc1. The van der Waals surface area contributed by atoms with Crippen molar-refractivity contribution in [1.82, 2.24) is 0 Å². The summed E-state index contributed by atoms with van der Waals surface area (Å²) in [6.07, 6.45) is 0. The minimum atomic E-state index is -3.44. The topological polar surface area (TPSA) is 41.6 Å². The van der Waals surface area contributed by atoms with Gasteiger partial charge in [0.05, 0.1) is 6.61 Å². The molecule has 0 aliphatic heterocycles. The third kappa shape index (κ3) is 5.79. The molecule has 6 heteroatoms. The minimum Gasteiger partial charge on any atom is -0.378 e. The molecule has 0 saturated heterocycles. The molecule has 2 unspecified atom stereocenters. The Morgan fingerprint density at radius 2 is 1.41 bits per heavy atom. The van der Waals surface area contributed by atoms with E-state index < -0.39 is 13.2 Å². The molecule has 34 heavy (non-hydrogen) atoms. The van der Waals surface area contributed by atoms with Crippen molar-refractivity contribution in [3.05, 3.63) is 125 Å². The maximum Gasteiger partial charge on any atom is 0.258 e. The highest BCUT2D eigenvalue weighted by Gasteiger charge is 2.38. The van der Waals surface area contributed by atoms with E-state index in [0.717, 1.165) is 27.0 Å². The van der Waals surface area contributed by atoms with Crippen LogP contribution in [0.1, 0.15) is 16.9 Å². The molecule has 0 aromatic heterocycles. The zero-order valence-corrected chi connectivity index (χ0v) is 21.7. The second-order valence-electron chi connectivity index (χ2n) is 8.23. The summed E-state index contributed by atoms with van der Waals surface area (Å²) in [4.78, 5) is 2.02. The average Bonchev–Trinajstić information content (AvgIpc) is 2.88. The van der Waals surface area contributed by atoms with Gasteiger partial charge in [0.15, 0.2) is 0 Å². The lowest BCUT2D eigenvalue weighted by atomic mass is 10.2. The molecule has 0 amide bonds. The van der Waals surface area contributed by atoms with Crippen LogP contribution in [0.2, 0.25) is 0 Å². The number of hydrogen-bond acceptors (Lipinski definition) is 4. The maximum atomic E-state index is 14.9. The molecular formula is C28H28BrN2O2P. The van der Waals surface area contributed by atoms with Gasteiger partial charge in [0.2, 0.25) is 0 Å². The van der Waals surface area contributed by atoms with Crippen molar-refractivity contribution in [2.45, 2.75) is 12.4 Å². The average molecular weight is 535 g/mol. The Hall–Kier alpha value is -2.85. The Morgan fingerprint density at radius 3 is 2.00 bits per heavy atom. The van der Waals surface area contributed by atoms with Crippen molar-refractivity contribution in [2.75, 3.05) is 24.3 Å². The molecule has 1 N–H and O–H groups in total. The molecule has 0 saturated carbocycles. The van der Waals surface area contributed by atoms with E-state index >= 15 is 0 Å². The van der Waals surface area contributed by atoms with Gasteiger partial charge >= 0.3 is 0 Å². The Balaban J connectivity index is 1.80. The molecule has 0 bridgehead atoms. The van der Waals surface area contributed by atoms with Gasteiger partial charge in [-0.25, -0.2) is 0 Å². The molecule has 0 spiro atoms. The van der Waals surface area contributed by atoms with E-state index in [-0.39, 0.29) is 6.61 Å². The Labute approximate surface area is 210 Å². The third-order valence-electron chi connectivity index (χ3n) is 5.59. The van der Waals surface area contributed by atoms with Crippen LogP contribution in [0.3, 0.4) is 0 Å². The van der Waals surface area contributed by atoms with Gasteiger partial charge in [-0.05, 0) is 59.7 Å². The zero-order valence-electron chi connectivity index (χ0n) is 19.3. The molecule has 0 heterocycles. The highest BCUT2D eigenvalue weighted by molar-refractivity contribution is 9.10. The highest BCUT2D eigenvalue weighted by Crippen LogP contribution is 2.59. The van der Waals surface area contributed by atoms with Gasteiger partial charge in [0.1, 0.15) is 5.78 Å². The summed E-state index contributed by atoms with van der Waals surface area (Å²) in [6.45, 7) is 0.247. The smallest absolute Gasteiger partial charge is 0.258 e. The summed E-state index contributed by atoms with van der Waals surface area (Å²) in [7, 11) is 0.532. The molecule has 174 valence electrons. The van der Waals surface area contributed by atoms with Crippen LogP contribution in [0.5, 0.6) is 0 Å². The van der Waals surface area contributed by atoms with E-state index in [1.165, 1.54) is 0 Å². The zero-order chi connectivity index (χ0) is 24.0. The number of benzene rings is 4. The predicted octanol–water partition coefficient (Wildman–Crippen LogP) is 7.45. The number of hydrogen-bond donors (Lipinski definition) is 1. The maximum absolute atomic E-state index is 14.9. The van der Waals surface area contributed by atoms with E-state index in [9.17, 15) is 4.57 Å². The van der Waals surface area contributed by atoms with E-state index in [1.807, 2.05) is 128 Å². The molecule has 4 rings (SSSR count). The van der Waals surface area contributed by atoms with Crippen molar-refractivity contribution in [3.63, 3.8) is 0 Å². The summed E-state index contributed by atoms with van der Waals surface area (Å²) >= 11 is 3.51. The first kappa shape index (κ1) is 24.3. The standard InChI is InChI=1S/C28H28BrN2O2P/c1-31(2)26-17-19-27(20-18-26)34(32,33-21-22-9-5-3-6-10-22)28(23-13-15-24(29)16-14-23)30-25-11-7-4-8-12-25/h3-20,28,30H,21H2,1-2H3. The van der Waals surface area contributed by atoms with Gasteiger partial charge in [-0.1, -0.05) is 76.6 Å². The number of nitrogens with one attached hydrogen (secondary N) is 1. The first-order valence-electron chi connectivity index (χ1n) is 11.1. The molecule has 4 aromatic carbocycles. The fourth-order valence-electron chi connectivity index (χ4n) is 3.70. The lowest BCUT2D eigenvalue weighted by Gasteiger charge is -2.30. The second kappa shape index (κ2) is 11.1. The Morgan fingerprint density at radius 1 is 0.824 bits per heavy atom. The van der Waals surface area contributed by atoms with Crippen LogP contribution in [0, 0.1) is 0 Å². The van der Waals surface area contributed by atoms with Crippen LogP contribution in [0.25, 0.3) is 0 Å². The normalized spacial score (nSPS) is 13.6. The third-order valence-corrected chi connectivity index (χ3v) is 8.76. The van der Waals surface area contributed by atoms with Crippen LogP contribution in [0.4, 0.5) is 11.4 Å². The molecular weight excluding hydrogens is 507 g/mol. The number of halogens is 1. The monoisotopic (exact) mass is 534 g/mol. The van der Waals surface area contributed by atoms with E-state index in [0.29, 0.717) is 5.30 Å². The lowest BCUT2D eigenvalue weighted by Crippen LogP contribution is -2.21. The van der Waals surface area contributed by atoms with E-state index in [1.54, 1.807) is 0 Å². The fraction of sp³-hybridized carbons (Fsp3) is 0.143. The van der Waals surface area contributed by atoms with Crippen LogP contribution in [-0.4, -0.2) is 14.1 Å².